The molecule has 0 radical (unpaired) electrons. The number of H-pyrrole nitrogens is 1. The molecule has 7 nitrogen and oxygen atoms in total. The molecule has 0 aliphatic carbocycles. The van der Waals surface area contributed by atoms with Gasteiger partial charge in [-0.3, -0.25) is 19.7 Å². The molecular weight excluding hydrogens is 392 g/mol. The molecule has 1 aromatic heterocycles. The second kappa shape index (κ2) is 7.04. The zero-order valence-corrected chi connectivity index (χ0v) is 18.4. The first-order chi connectivity index (χ1) is 14.5. The summed E-state index contributed by atoms with van der Waals surface area (Å²) in [6, 6.07) is 12.6. The summed E-state index contributed by atoms with van der Waals surface area (Å²) in [5.74, 6) is -0.0514. The fourth-order valence-electron chi connectivity index (χ4n) is 3.70. The van der Waals surface area contributed by atoms with Crippen molar-refractivity contribution in [2.45, 2.75) is 40.0 Å². The third-order valence-electron chi connectivity index (χ3n) is 5.75. The number of hydrogen-bond donors (Lipinski definition) is 2. The second-order valence-electron chi connectivity index (χ2n) is 9.48. The molecule has 0 fully saturated rings. The first kappa shape index (κ1) is 20.8. The quantitative estimate of drug-likeness (QED) is 0.668. The second-order valence-corrected chi connectivity index (χ2v) is 9.48. The van der Waals surface area contributed by atoms with E-state index < -0.39 is 10.8 Å². The Hall–Kier alpha value is -3.48. The normalized spacial score (nSPS) is 15.3. The van der Waals surface area contributed by atoms with Gasteiger partial charge >= 0.3 is 0 Å². The molecule has 1 aliphatic heterocycles. The van der Waals surface area contributed by atoms with Gasteiger partial charge in [0.2, 0.25) is 11.9 Å². The summed E-state index contributed by atoms with van der Waals surface area (Å²) in [5.41, 5.74) is 2.06. The van der Waals surface area contributed by atoms with Gasteiger partial charge in [-0.1, -0.05) is 39.0 Å². The van der Waals surface area contributed by atoms with E-state index in [1.54, 1.807) is 29.2 Å². The molecule has 3 aromatic rings. The molecule has 4 rings (SSSR count). The van der Waals surface area contributed by atoms with Crippen molar-refractivity contribution >= 4 is 40.3 Å². The molecule has 0 spiro atoms. The van der Waals surface area contributed by atoms with Crippen LogP contribution in [0.4, 0.5) is 11.6 Å². The van der Waals surface area contributed by atoms with E-state index in [4.69, 9.17) is 0 Å². The highest BCUT2D eigenvalue weighted by Crippen LogP contribution is 2.43. The number of nitrogens with one attached hydrogen (secondary N) is 2. The first-order valence-corrected chi connectivity index (χ1v) is 10.2. The summed E-state index contributed by atoms with van der Waals surface area (Å²) in [4.78, 5) is 47.4. The van der Waals surface area contributed by atoms with E-state index >= 15 is 0 Å². The smallest absolute Gasteiger partial charge is 0.257 e. The van der Waals surface area contributed by atoms with Crippen LogP contribution < -0.4 is 10.2 Å². The highest BCUT2D eigenvalue weighted by atomic mass is 16.2. The Labute approximate surface area is 180 Å². The van der Waals surface area contributed by atoms with Gasteiger partial charge in [-0.15, -0.1) is 0 Å². The van der Waals surface area contributed by atoms with E-state index in [-0.39, 0.29) is 24.1 Å². The Kier molecular flexibility index (Phi) is 4.72. The minimum atomic E-state index is -0.770. The van der Waals surface area contributed by atoms with Gasteiger partial charge in [-0.2, -0.15) is 0 Å². The van der Waals surface area contributed by atoms with Gasteiger partial charge in [0.15, 0.2) is 5.78 Å². The number of carbonyl (C=O) groups excluding carboxylic acids is 3. The van der Waals surface area contributed by atoms with Crippen molar-refractivity contribution in [3.63, 3.8) is 0 Å². The number of anilines is 2. The summed E-state index contributed by atoms with van der Waals surface area (Å²) >= 11 is 0. The van der Waals surface area contributed by atoms with Crippen molar-refractivity contribution in [3.05, 3.63) is 53.6 Å². The molecule has 1 aliphatic rings. The summed E-state index contributed by atoms with van der Waals surface area (Å²) in [5, 5.41) is 2.78. The number of Topliss-reactive ketones (excluding diaryl/α,β-unsaturated/α-hetero) is 1. The predicted molar refractivity (Wildman–Crippen MR) is 120 cm³/mol. The van der Waals surface area contributed by atoms with Crippen LogP contribution in [0.2, 0.25) is 0 Å². The monoisotopic (exact) mass is 418 g/mol. The van der Waals surface area contributed by atoms with Gasteiger partial charge in [0.05, 0.1) is 28.7 Å². The molecule has 2 heterocycles. The molecule has 2 aromatic carbocycles. The third kappa shape index (κ3) is 3.60. The van der Waals surface area contributed by atoms with E-state index in [1.165, 1.54) is 0 Å². The Morgan fingerprint density at radius 3 is 2.45 bits per heavy atom. The van der Waals surface area contributed by atoms with Gasteiger partial charge in [-0.05, 0) is 43.7 Å². The lowest BCUT2D eigenvalue weighted by atomic mass is 9.86. The van der Waals surface area contributed by atoms with Gasteiger partial charge in [-0.25, -0.2) is 4.98 Å². The molecular formula is C24H26N4O3. The molecule has 0 unspecified atom stereocenters. The Balaban J connectivity index is 1.69. The average Bonchev–Trinajstić information content (AvgIpc) is 3.18. The fraction of sp³-hybridized carbons (Fsp3) is 0.333. The SMILES string of the molecule is CC(C)(C)C(=O)CN1C(=O)C(C)(C)c2cc3nc(NC(=O)c4ccccc4)[nH]c3cc21. The lowest BCUT2D eigenvalue weighted by molar-refractivity contribution is -0.128. The standard InChI is InChI=1S/C24H26N4O3/c1-23(2,3)19(29)13-28-18-12-17-16(11-15(18)24(4,5)21(28)31)25-22(26-17)27-20(30)14-9-7-6-8-10-14/h6-12H,13H2,1-5H3,(H2,25,26,27,30). The summed E-state index contributed by atoms with van der Waals surface area (Å²) in [6.07, 6.45) is 0. The number of imidazole rings is 1. The number of carbonyl (C=O) groups is 3. The number of rotatable bonds is 4. The maximum atomic E-state index is 13.1. The highest BCUT2D eigenvalue weighted by Gasteiger charge is 2.45. The third-order valence-corrected chi connectivity index (χ3v) is 5.75. The van der Waals surface area contributed by atoms with Crippen LogP contribution in [0.15, 0.2) is 42.5 Å². The van der Waals surface area contributed by atoms with E-state index in [2.05, 4.69) is 15.3 Å². The number of hydrogen-bond acceptors (Lipinski definition) is 4. The molecule has 0 bridgehead atoms. The van der Waals surface area contributed by atoms with E-state index in [1.807, 2.05) is 52.8 Å². The highest BCUT2D eigenvalue weighted by molar-refractivity contribution is 6.12. The van der Waals surface area contributed by atoms with Crippen LogP contribution >= 0.6 is 0 Å². The van der Waals surface area contributed by atoms with Gasteiger partial charge < -0.3 is 9.88 Å². The van der Waals surface area contributed by atoms with Crippen molar-refractivity contribution in [1.29, 1.82) is 0 Å². The minimum absolute atomic E-state index is 0.00924. The van der Waals surface area contributed by atoms with Crippen molar-refractivity contribution < 1.29 is 14.4 Å². The predicted octanol–water partition coefficient (Wildman–Crippen LogP) is 4.05. The van der Waals surface area contributed by atoms with Crippen LogP contribution in [0.5, 0.6) is 0 Å². The van der Waals surface area contributed by atoms with Crippen molar-refractivity contribution in [2.24, 2.45) is 5.41 Å². The Morgan fingerprint density at radius 2 is 1.81 bits per heavy atom. The van der Waals surface area contributed by atoms with Crippen molar-refractivity contribution in [1.82, 2.24) is 9.97 Å². The molecule has 2 amide bonds. The topological polar surface area (TPSA) is 95.2 Å². The van der Waals surface area contributed by atoms with Crippen LogP contribution in [0.1, 0.15) is 50.5 Å². The van der Waals surface area contributed by atoms with Crippen LogP contribution in [-0.2, 0) is 15.0 Å². The summed E-state index contributed by atoms with van der Waals surface area (Å²) in [6.45, 7) is 9.28. The number of aromatic nitrogens is 2. The molecule has 0 saturated heterocycles. The zero-order chi connectivity index (χ0) is 22.6. The van der Waals surface area contributed by atoms with E-state index in [9.17, 15) is 14.4 Å². The van der Waals surface area contributed by atoms with Crippen molar-refractivity contribution in [3.8, 4) is 0 Å². The number of amides is 2. The molecule has 7 heteroatoms. The first-order valence-electron chi connectivity index (χ1n) is 10.2. The molecule has 160 valence electrons. The van der Waals surface area contributed by atoms with Crippen LogP contribution in [0.25, 0.3) is 11.0 Å². The lowest BCUT2D eigenvalue weighted by Crippen LogP contribution is -2.42. The number of ketones is 1. The Bertz CT molecular complexity index is 1200. The van der Waals surface area contributed by atoms with Gasteiger partial charge in [0.1, 0.15) is 0 Å². The number of nitrogens with zero attached hydrogens (tertiary/aromatic N) is 2. The average molecular weight is 418 g/mol. The zero-order valence-electron chi connectivity index (χ0n) is 18.4. The van der Waals surface area contributed by atoms with E-state index in [0.29, 0.717) is 28.2 Å². The maximum Gasteiger partial charge on any atom is 0.257 e. The van der Waals surface area contributed by atoms with Crippen molar-refractivity contribution in [2.75, 3.05) is 16.8 Å². The van der Waals surface area contributed by atoms with Crippen LogP contribution in [0.3, 0.4) is 0 Å². The summed E-state index contributed by atoms with van der Waals surface area (Å²) in [7, 11) is 0. The minimum Gasteiger partial charge on any atom is -0.324 e. The maximum absolute atomic E-state index is 13.1. The van der Waals surface area contributed by atoms with E-state index in [0.717, 1.165) is 5.56 Å². The van der Waals surface area contributed by atoms with Gasteiger partial charge in [0, 0.05) is 11.0 Å². The fourth-order valence-corrected chi connectivity index (χ4v) is 3.70. The lowest BCUT2D eigenvalue weighted by Gasteiger charge is -2.24. The molecule has 31 heavy (non-hydrogen) atoms. The largest absolute Gasteiger partial charge is 0.324 e. The molecule has 2 N–H and O–H groups in total. The molecule has 0 atom stereocenters. The van der Waals surface area contributed by atoms with Crippen LogP contribution in [-0.4, -0.2) is 34.1 Å². The number of aromatic amines is 1. The van der Waals surface area contributed by atoms with Gasteiger partial charge in [0.25, 0.3) is 5.91 Å². The number of fused-ring (bicyclic) bond motifs is 2. The molecule has 0 saturated carbocycles. The van der Waals surface area contributed by atoms with Crippen LogP contribution in [0, 0.1) is 5.41 Å². The summed E-state index contributed by atoms with van der Waals surface area (Å²) < 4.78 is 0. The number of benzene rings is 2. The Morgan fingerprint density at radius 1 is 1.13 bits per heavy atom.